The summed E-state index contributed by atoms with van der Waals surface area (Å²) in [5, 5.41) is 46.4. The van der Waals surface area contributed by atoms with Gasteiger partial charge in [0, 0.05) is 44.2 Å². The van der Waals surface area contributed by atoms with Crippen LogP contribution >= 0.6 is 0 Å². The van der Waals surface area contributed by atoms with E-state index in [9.17, 15) is 48.6 Å². The molecule has 0 saturated carbocycles. The molecule has 0 aliphatic heterocycles. The molecule has 0 aromatic heterocycles. The van der Waals surface area contributed by atoms with Gasteiger partial charge in [-0.05, 0) is 76.3 Å². The second-order valence-corrected chi connectivity index (χ2v) is 14.3. The van der Waals surface area contributed by atoms with Crippen molar-refractivity contribution in [3.8, 4) is 42.8 Å². The molecule has 8 N–H and O–H groups in total. The smallest absolute Gasteiger partial charge is 0.326 e. The molecule has 0 aliphatic rings. The van der Waals surface area contributed by atoms with Gasteiger partial charge in [-0.1, -0.05) is 43.4 Å². The first-order valence-corrected chi connectivity index (χ1v) is 20.4. The monoisotopic (exact) mass is 850 g/mol. The van der Waals surface area contributed by atoms with E-state index in [1.165, 1.54) is 0 Å². The molecule has 0 fully saturated rings. The third kappa shape index (κ3) is 23.6. The number of carboxylic acids is 4. The van der Waals surface area contributed by atoms with E-state index in [4.69, 9.17) is 34.2 Å². The average molecular weight is 851 g/mol. The number of carbonyl (C=O) groups excluding carboxylic acids is 4. The van der Waals surface area contributed by atoms with Crippen LogP contribution in [0.15, 0.2) is 12.1 Å². The highest BCUT2D eigenvalue weighted by Gasteiger charge is 2.25. The first kappa shape index (κ1) is 52.5. The molecule has 0 radical (unpaired) electrons. The standard InChI is InChI=1S/C44H58N4O13/c1-4-30-28-31(5-2)40(32(6-3)29-30)61-27-17-15-19-33(49)18-10-9-11-20-34(41(54)55)46-38(51)23-13-8-7-12-22-37(50)45-26-16-14-21-35(42(56)57)47-44(60)48-36(43(58)59)24-25-39(52)53/h1-3,28-29,34-36H,7-27H2,(H,45,50)(H,46,51)(H,52,53)(H,54,55)(H,56,57)(H,58,59)(H2,47,48,60)/t34?,35-,36-/m0/s1. The van der Waals surface area contributed by atoms with Crippen molar-refractivity contribution in [2.24, 2.45) is 0 Å². The molecule has 4 amide bonds. The maximum atomic E-state index is 12.4. The van der Waals surface area contributed by atoms with Crippen LogP contribution in [0.3, 0.4) is 0 Å². The van der Waals surface area contributed by atoms with E-state index in [1.807, 2.05) is 0 Å². The Morgan fingerprint density at radius 2 is 1.02 bits per heavy atom. The van der Waals surface area contributed by atoms with E-state index in [1.54, 1.807) is 12.1 Å². The molecular weight excluding hydrogens is 792 g/mol. The minimum absolute atomic E-state index is 0.00586. The fourth-order valence-corrected chi connectivity index (χ4v) is 6.03. The summed E-state index contributed by atoms with van der Waals surface area (Å²) in [4.78, 5) is 94.2. The van der Waals surface area contributed by atoms with Crippen molar-refractivity contribution < 1.29 is 63.5 Å². The SMILES string of the molecule is C#Cc1cc(C#C)c(OCCCCC(=O)CCCCCC(NC(=O)CCCCCCC(=O)NCCCC[C@H](NC(=O)N[C@@H](CCC(=O)O)C(=O)O)C(=O)O)C(=O)O)c(C#C)c1. The van der Waals surface area contributed by atoms with Gasteiger partial charge in [0.1, 0.15) is 23.9 Å². The molecule has 3 atom stereocenters. The average Bonchev–Trinajstić information content (AvgIpc) is 3.21. The lowest BCUT2D eigenvalue weighted by atomic mass is 10.0. The van der Waals surface area contributed by atoms with Crippen LogP contribution in [0.25, 0.3) is 0 Å². The van der Waals surface area contributed by atoms with Crippen molar-refractivity contribution in [3.05, 3.63) is 28.8 Å². The second-order valence-electron chi connectivity index (χ2n) is 14.3. The summed E-state index contributed by atoms with van der Waals surface area (Å²) in [6.45, 7) is 0.596. The molecule has 61 heavy (non-hydrogen) atoms. The summed E-state index contributed by atoms with van der Waals surface area (Å²) < 4.78 is 5.81. The van der Waals surface area contributed by atoms with Crippen LogP contribution in [0.5, 0.6) is 5.75 Å². The quantitative estimate of drug-likeness (QED) is 0.0368. The van der Waals surface area contributed by atoms with E-state index in [2.05, 4.69) is 39.0 Å². The zero-order valence-corrected chi connectivity index (χ0v) is 34.4. The van der Waals surface area contributed by atoms with Gasteiger partial charge in [0.15, 0.2) is 5.75 Å². The highest BCUT2D eigenvalue weighted by atomic mass is 16.5. The van der Waals surface area contributed by atoms with Gasteiger partial charge in [-0.15, -0.1) is 19.3 Å². The van der Waals surface area contributed by atoms with Gasteiger partial charge in [0.25, 0.3) is 0 Å². The number of carboxylic acid groups (broad SMARTS) is 4. The van der Waals surface area contributed by atoms with Crippen molar-refractivity contribution >= 4 is 47.5 Å². The highest BCUT2D eigenvalue weighted by Crippen LogP contribution is 2.25. The molecule has 0 spiro atoms. The van der Waals surface area contributed by atoms with E-state index < -0.39 is 54.5 Å². The van der Waals surface area contributed by atoms with Gasteiger partial charge in [-0.2, -0.15) is 0 Å². The third-order valence-electron chi connectivity index (χ3n) is 9.40. The Bertz CT molecular complexity index is 1750. The summed E-state index contributed by atoms with van der Waals surface area (Å²) in [6, 6.07) is -1.62. The van der Waals surface area contributed by atoms with E-state index >= 15 is 0 Å². The maximum Gasteiger partial charge on any atom is 0.326 e. The fourth-order valence-electron chi connectivity index (χ4n) is 6.03. The lowest BCUT2D eigenvalue weighted by molar-refractivity contribution is -0.142. The summed E-state index contributed by atoms with van der Waals surface area (Å²) in [6.07, 6.45) is 23.3. The molecule has 332 valence electrons. The molecule has 0 saturated heterocycles. The van der Waals surface area contributed by atoms with Crippen molar-refractivity contribution in [2.45, 2.75) is 140 Å². The van der Waals surface area contributed by atoms with Gasteiger partial charge >= 0.3 is 29.9 Å². The number of rotatable bonds is 33. The number of amides is 4. The highest BCUT2D eigenvalue weighted by molar-refractivity contribution is 5.86. The van der Waals surface area contributed by atoms with Crippen LogP contribution in [0.1, 0.15) is 139 Å². The summed E-state index contributed by atoms with van der Waals surface area (Å²) in [5.41, 5.74) is 1.50. The van der Waals surface area contributed by atoms with Crippen molar-refractivity contribution in [2.75, 3.05) is 13.2 Å². The number of ether oxygens (including phenoxy) is 1. The number of urea groups is 1. The van der Waals surface area contributed by atoms with Gasteiger partial charge < -0.3 is 46.4 Å². The summed E-state index contributed by atoms with van der Waals surface area (Å²) in [7, 11) is 0. The van der Waals surface area contributed by atoms with Crippen LogP contribution < -0.4 is 26.0 Å². The van der Waals surface area contributed by atoms with E-state index in [0.717, 1.165) is 0 Å². The topological polar surface area (TPSA) is 275 Å². The summed E-state index contributed by atoms with van der Waals surface area (Å²) >= 11 is 0. The number of Topliss-reactive ketones (excluding diaryl/α,β-unsaturated/α-hetero) is 1. The molecule has 1 unspecified atom stereocenters. The summed E-state index contributed by atoms with van der Waals surface area (Å²) in [5.74, 6) is 2.34. The normalized spacial score (nSPS) is 11.9. The van der Waals surface area contributed by atoms with Gasteiger partial charge in [-0.25, -0.2) is 19.2 Å². The molecule has 0 aliphatic carbocycles. The number of benzene rings is 1. The Morgan fingerprint density at radius 3 is 1.54 bits per heavy atom. The Balaban J connectivity index is 2.18. The molecule has 0 bridgehead atoms. The number of nitrogens with one attached hydrogen (secondary N) is 4. The zero-order valence-electron chi connectivity index (χ0n) is 34.4. The number of terminal acetylenes is 3. The number of hydrogen-bond acceptors (Lipinski definition) is 9. The van der Waals surface area contributed by atoms with E-state index in [-0.39, 0.29) is 56.2 Å². The lowest BCUT2D eigenvalue weighted by Crippen LogP contribution is -2.51. The molecule has 17 nitrogen and oxygen atoms in total. The Labute approximate surface area is 356 Å². The van der Waals surface area contributed by atoms with Crippen molar-refractivity contribution in [3.63, 3.8) is 0 Å². The number of hydrogen-bond donors (Lipinski definition) is 8. The predicted octanol–water partition coefficient (Wildman–Crippen LogP) is 3.97. The largest absolute Gasteiger partial charge is 0.491 e. The molecular formula is C44H58N4O13. The first-order valence-electron chi connectivity index (χ1n) is 20.4. The number of aliphatic carboxylic acids is 4. The number of unbranched alkanes of at least 4 members (excludes halogenated alkanes) is 7. The fraction of sp³-hybridized carbons (Fsp3) is 0.545. The molecule has 0 heterocycles. The van der Waals surface area contributed by atoms with Gasteiger partial charge in [0.2, 0.25) is 11.8 Å². The van der Waals surface area contributed by atoms with Gasteiger partial charge in [-0.3, -0.25) is 19.2 Å². The van der Waals surface area contributed by atoms with Crippen molar-refractivity contribution in [1.82, 2.24) is 21.3 Å². The van der Waals surface area contributed by atoms with Crippen LogP contribution in [-0.2, 0) is 33.6 Å². The zero-order chi connectivity index (χ0) is 45.6. The maximum absolute atomic E-state index is 12.4. The number of carbonyl (C=O) groups is 8. The Kier molecular flexibility index (Phi) is 26.2. The Morgan fingerprint density at radius 1 is 0.541 bits per heavy atom. The molecule has 1 rings (SSSR count). The van der Waals surface area contributed by atoms with E-state index in [0.29, 0.717) is 113 Å². The third-order valence-corrected chi connectivity index (χ3v) is 9.40. The first-order chi connectivity index (χ1) is 29.1. The minimum Gasteiger partial charge on any atom is -0.491 e. The molecule has 1 aromatic rings. The van der Waals surface area contributed by atoms with Crippen LogP contribution in [0, 0.1) is 37.0 Å². The van der Waals surface area contributed by atoms with Gasteiger partial charge in [0.05, 0.1) is 17.7 Å². The second kappa shape index (κ2) is 30.5. The Hall–Kier alpha value is -6.54. The van der Waals surface area contributed by atoms with Crippen LogP contribution in [-0.4, -0.2) is 99.2 Å². The lowest BCUT2D eigenvalue weighted by Gasteiger charge is -2.18. The molecule has 1 aromatic carbocycles. The predicted molar refractivity (Wildman–Crippen MR) is 223 cm³/mol. The van der Waals surface area contributed by atoms with Crippen LogP contribution in [0.2, 0.25) is 0 Å². The van der Waals surface area contributed by atoms with Crippen LogP contribution in [0.4, 0.5) is 4.79 Å². The molecule has 17 heteroatoms. The van der Waals surface area contributed by atoms with Crippen molar-refractivity contribution in [1.29, 1.82) is 0 Å². The minimum atomic E-state index is -1.51. The number of ketones is 1.